The summed E-state index contributed by atoms with van der Waals surface area (Å²) in [6.45, 7) is 6.95. The van der Waals surface area contributed by atoms with E-state index in [9.17, 15) is 14.7 Å². The molecular weight excluding hydrogens is 448 g/mol. The molecule has 1 atom stereocenters. The van der Waals surface area contributed by atoms with Gasteiger partial charge in [0.15, 0.2) is 5.65 Å². The Morgan fingerprint density at radius 3 is 2.89 bits per heavy atom. The molecule has 3 aromatic rings. The second-order valence-corrected chi connectivity index (χ2v) is 8.88. The van der Waals surface area contributed by atoms with Gasteiger partial charge in [-0.25, -0.2) is 9.78 Å². The van der Waals surface area contributed by atoms with E-state index in [1.165, 1.54) is 10.6 Å². The molecule has 1 aliphatic rings. The third kappa shape index (κ3) is 5.37. The van der Waals surface area contributed by atoms with E-state index in [4.69, 9.17) is 10.1 Å². The second kappa shape index (κ2) is 10.7. The van der Waals surface area contributed by atoms with E-state index in [1.54, 1.807) is 16.8 Å². The normalized spacial score (nSPS) is 15.9. The van der Waals surface area contributed by atoms with Crippen LogP contribution in [0.4, 0.5) is 11.6 Å². The first-order valence-electron chi connectivity index (χ1n) is 12.0. The van der Waals surface area contributed by atoms with Crippen LogP contribution < -0.4 is 15.8 Å². The molecule has 4 heterocycles. The molecule has 0 aliphatic carbocycles. The minimum atomic E-state index is -1.13. The van der Waals surface area contributed by atoms with Crippen LogP contribution in [0.1, 0.15) is 43.7 Å². The Labute approximate surface area is 203 Å². The third-order valence-electron chi connectivity index (χ3n) is 6.48. The van der Waals surface area contributed by atoms with Gasteiger partial charge in [0.2, 0.25) is 0 Å². The van der Waals surface area contributed by atoms with Crippen LogP contribution in [-0.2, 0) is 24.3 Å². The summed E-state index contributed by atoms with van der Waals surface area (Å²) >= 11 is 0. The zero-order valence-corrected chi connectivity index (χ0v) is 20.0. The van der Waals surface area contributed by atoms with E-state index in [-0.39, 0.29) is 30.3 Å². The standard InChI is InChI=1S/C25H32N6O4/c1-3-19-14-27-31-21(12-22(28-24(19)31)30-10-5-4-6-20(30)9-11-32)26-13-18-7-8-23(33)29(16-18)15-17(2)25(34)35/h7-8,12,14,16,20,26,32H,2-6,9-11,13,15H2,1H3,(H,34,35)/t20-/m0/s1. The Hall–Kier alpha value is -3.66. The fourth-order valence-electron chi connectivity index (χ4n) is 4.54. The zero-order chi connectivity index (χ0) is 24.9. The molecule has 3 aromatic heterocycles. The molecule has 186 valence electrons. The molecule has 1 saturated heterocycles. The van der Waals surface area contributed by atoms with Crippen molar-refractivity contribution < 1.29 is 15.0 Å². The average molecular weight is 481 g/mol. The number of nitrogens with zero attached hydrogens (tertiary/aromatic N) is 5. The lowest BCUT2D eigenvalue weighted by Gasteiger charge is -2.36. The van der Waals surface area contributed by atoms with Crippen molar-refractivity contribution in [3.8, 4) is 0 Å². The molecule has 10 heteroatoms. The molecule has 3 N–H and O–H groups in total. The predicted octanol–water partition coefficient (Wildman–Crippen LogP) is 2.45. The summed E-state index contributed by atoms with van der Waals surface area (Å²) in [5, 5.41) is 26.6. The van der Waals surface area contributed by atoms with E-state index in [0.717, 1.165) is 60.6 Å². The molecule has 0 aromatic carbocycles. The SMILES string of the molecule is C=C(Cn1cc(CNc2cc(N3CCCC[C@H]3CCO)nc3c(CC)cnn23)ccc1=O)C(=O)O. The van der Waals surface area contributed by atoms with Crippen molar-refractivity contribution in [2.45, 2.75) is 58.2 Å². The number of aryl methyl sites for hydroxylation is 1. The van der Waals surface area contributed by atoms with Gasteiger partial charge >= 0.3 is 5.97 Å². The number of aliphatic hydroxyl groups excluding tert-OH is 1. The van der Waals surface area contributed by atoms with E-state index in [0.29, 0.717) is 13.0 Å². The van der Waals surface area contributed by atoms with Crippen LogP contribution in [0, 0.1) is 0 Å². The minimum Gasteiger partial charge on any atom is -0.478 e. The maximum atomic E-state index is 12.2. The number of anilines is 2. The first-order valence-corrected chi connectivity index (χ1v) is 12.0. The Bertz CT molecular complexity index is 1280. The number of carbonyl (C=O) groups is 1. The highest BCUT2D eigenvalue weighted by atomic mass is 16.4. The van der Waals surface area contributed by atoms with Gasteiger partial charge in [-0.3, -0.25) is 4.79 Å². The molecule has 0 radical (unpaired) electrons. The number of pyridine rings is 1. The average Bonchev–Trinajstić information content (AvgIpc) is 3.28. The summed E-state index contributed by atoms with van der Waals surface area (Å²) in [5.41, 5.74) is 2.31. The van der Waals surface area contributed by atoms with Crippen molar-refractivity contribution in [3.63, 3.8) is 0 Å². The highest BCUT2D eigenvalue weighted by molar-refractivity contribution is 5.85. The van der Waals surface area contributed by atoms with Crippen molar-refractivity contribution >= 4 is 23.3 Å². The smallest absolute Gasteiger partial charge is 0.332 e. The zero-order valence-electron chi connectivity index (χ0n) is 20.0. The number of carboxylic acids is 1. The Morgan fingerprint density at radius 1 is 1.31 bits per heavy atom. The maximum Gasteiger partial charge on any atom is 0.332 e. The Morgan fingerprint density at radius 2 is 2.14 bits per heavy atom. The molecule has 0 bridgehead atoms. The third-order valence-corrected chi connectivity index (χ3v) is 6.48. The molecule has 0 unspecified atom stereocenters. The number of hydrogen-bond acceptors (Lipinski definition) is 7. The van der Waals surface area contributed by atoms with Crippen molar-refractivity contribution in [3.05, 3.63) is 64.2 Å². The predicted molar refractivity (Wildman–Crippen MR) is 134 cm³/mol. The lowest BCUT2D eigenvalue weighted by molar-refractivity contribution is -0.132. The maximum absolute atomic E-state index is 12.2. The van der Waals surface area contributed by atoms with Gasteiger partial charge in [-0.05, 0) is 37.7 Å². The van der Waals surface area contributed by atoms with Crippen LogP contribution in [-0.4, -0.2) is 54.5 Å². The number of carboxylic acid groups (broad SMARTS) is 1. The minimum absolute atomic E-state index is 0.0553. The number of hydrogen-bond donors (Lipinski definition) is 3. The van der Waals surface area contributed by atoms with Crippen molar-refractivity contribution in [2.75, 3.05) is 23.4 Å². The molecule has 0 amide bonds. The van der Waals surface area contributed by atoms with Crippen LogP contribution in [0.2, 0.25) is 0 Å². The summed E-state index contributed by atoms with van der Waals surface area (Å²) in [4.78, 5) is 30.5. The van der Waals surface area contributed by atoms with Crippen LogP contribution in [0.5, 0.6) is 0 Å². The molecule has 0 spiro atoms. The van der Waals surface area contributed by atoms with Crippen molar-refractivity contribution in [2.24, 2.45) is 0 Å². The van der Waals surface area contributed by atoms with Gasteiger partial charge in [-0.2, -0.15) is 9.61 Å². The summed E-state index contributed by atoms with van der Waals surface area (Å²) in [6, 6.07) is 5.38. The first kappa shape index (κ1) is 24.5. The molecule has 1 fully saturated rings. The van der Waals surface area contributed by atoms with E-state index in [2.05, 4.69) is 28.8 Å². The summed E-state index contributed by atoms with van der Waals surface area (Å²) in [7, 11) is 0. The van der Waals surface area contributed by atoms with Gasteiger partial charge in [0.05, 0.1) is 12.7 Å². The highest BCUT2D eigenvalue weighted by Crippen LogP contribution is 2.29. The number of aromatic nitrogens is 4. The number of nitrogens with one attached hydrogen (secondary N) is 1. The molecule has 0 saturated carbocycles. The summed E-state index contributed by atoms with van der Waals surface area (Å²) in [6.07, 6.45) is 8.24. The lowest BCUT2D eigenvalue weighted by Crippen LogP contribution is -2.40. The topological polar surface area (TPSA) is 125 Å². The fraction of sp³-hybridized carbons (Fsp3) is 0.440. The summed E-state index contributed by atoms with van der Waals surface area (Å²) < 4.78 is 3.13. The molecule has 35 heavy (non-hydrogen) atoms. The number of fused-ring (bicyclic) bond motifs is 1. The summed E-state index contributed by atoms with van der Waals surface area (Å²) in [5.74, 6) is 0.497. The lowest BCUT2D eigenvalue weighted by atomic mass is 9.99. The quantitative estimate of drug-likeness (QED) is 0.378. The number of rotatable bonds is 10. The largest absolute Gasteiger partial charge is 0.478 e. The van der Waals surface area contributed by atoms with Gasteiger partial charge in [0.1, 0.15) is 11.6 Å². The van der Waals surface area contributed by atoms with Gasteiger partial charge in [0, 0.05) is 55.2 Å². The van der Waals surface area contributed by atoms with E-state index in [1.807, 2.05) is 12.3 Å². The van der Waals surface area contributed by atoms with E-state index < -0.39 is 5.97 Å². The number of aliphatic carboxylic acids is 1. The monoisotopic (exact) mass is 480 g/mol. The Balaban J connectivity index is 1.64. The van der Waals surface area contributed by atoms with Gasteiger partial charge in [-0.15, -0.1) is 0 Å². The Kier molecular flexibility index (Phi) is 7.50. The van der Waals surface area contributed by atoms with Crippen LogP contribution in [0.15, 0.2) is 47.5 Å². The molecule has 4 rings (SSSR count). The van der Waals surface area contributed by atoms with E-state index >= 15 is 0 Å². The van der Waals surface area contributed by atoms with Gasteiger partial charge < -0.3 is 25.0 Å². The van der Waals surface area contributed by atoms with Crippen LogP contribution in [0.25, 0.3) is 5.65 Å². The number of piperidine rings is 1. The van der Waals surface area contributed by atoms with Gasteiger partial charge in [-0.1, -0.05) is 19.6 Å². The molecule has 10 nitrogen and oxygen atoms in total. The second-order valence-electron chi connectivity index (χ2n) is 8.88. The fourth-order valence-corrected chi connectivity index (χ4v) is 4.54. The number of aliphatic hydroxyl groups is 1. The van der Waals surface area contributed by atoms with Crippen LogP contribution in [0.3, 0.4) is 0 Å². The first-order chi connectivity index (χ1) is 16.9. The molecule has 1 aliphatic heterocycles. The van der Waals surface area contributed by atoms with Gasteiger partial charge in [0.25, 0.3) is 5.56 Å². The van der Waals surface area contributed by atoms with Crippen molar-refractivity contribution in [1.29, 1.82) is 0 Å². The highest BCUT2D eigenvalue weighted by Gasteiger charge is 2.25. The molecular formula is C25H32N6O4. The van der Waals surface area contributed by atoms with Crippen molar-refractivity contribution in [1.82, 2.24) is 19.2 Å². The van der Waals surface area contributed by atoms with Crippen LogP contribution >= 0.6 is 0 Å².